The Labute approximate surface area is 230 Å². The van der Waals surface area contributed by atoms with Gasteiger partial charge in [-0.1, -0.05) is 59.4 Å². The fourth-order valence-electron chi connectivity index (χ4n) is 4.75. The van der Waals surface area contributed by atoms with Crippen LogP contribution in [0.2, 0.25) is 0 Å². The first-order valence-corrected chi connectivity index (χ1v) is 13.8. The van der Waals surface area contributed by atoms with E-state index in [1.54, 1.807) is 18.2 Å². The number of aryl methyl sites for hydroxylation is 1. The maximum Gasteiger partial charge on any atom is 0.230 e. The first-order chi connectivity index (χ1) is 18.9. The zero-order valence-electron chi connectivity index (χ0n) is 21.6. The molecule has 0 saturated carbocycles. The van der Waals surface area contributed by atoms with Gasteiger partial charge in [0.15, 0.2) is 5.82 Å². The van der Waals surface area contributed by atoms with E-state index in [9.17, 15) is 14.0 Å². The fraction of sp³-hybridized carbons (Fsp3) is 0.310. The number of rotatable bonds is 9. The van der Waals surface area contributed by atoms with Crippen LogP contribution in [0.5, 0.6) is 0 Å². The average Bonchev–Trinajstić information content (AvgIpc) is 3.39. The Hall–Kier alpha value is -4.05. The van der Waals surface area contributed by atoms with Crippen molar-refractivity contribution in [3.8, 4) is 0 Å². The first kappa shape index (κ1) is 26.6. The molecule has 0 aliphatic carbocycles. The lowest BCUT2D eigenvalue weighted by Gasteiger charge is -2.32. The van der Waals surface area contributed by atoms with Gasteiger partial charge in [0, 0.05) is 25.4 Å². The Morgan fingerprint density at radius 3 is 2.67 bits per heavy atom. The van der Waals surface area contributed by atoms with Crippen molar-refractivity contribution in [2.45, 2.75) is 44.9 Å². The topological polar surface area (TPSA) is 101 Å². The number of anilines is 2. The number of halogens is 1. The number of aromatic nitrogens is 4. The van der Waals surface area contributed by atoms with Gasteiger partial charge in [0.05, 0.1) is 18.5 Å². The van der Waals surface area contributed by atoms with Crippen LogP contribution in [0.1, 0.15) is 46.2 Å². The lowest BCUT2D eigenvalue weighted by molar-refractivity contribution is -0.118. The van der Waals surface area contributed by atoms with Crippen molar-refractivity contribution < 1.29 is 14.0 Å². The van der Waals surface area contributed by atoms with Gasteiger partial charge in [0.25, 0.3) is 0 Å². The molecule has 39 heavy (non-hydrogen) atoms. The second kappa shape index (κ2) is 12.2. The number of Topliss-reactive ketones (excluding diaryl/α,β-unsaturated/α-hetero) is 1. The molecule has 3 heterocycles. The highest BCUT2D eigenvalue weighted by molar-refractivity contribution is 7.15. The normalized spacial score (nSPS) is 15.2. The minimum atomic E-state index is -0.405. The van der Waals surface area contributed by atoms with E-state index in [-0.39, 0.29) is 30.4 Å². The predicted octanol–water partition coefficient (Wildman–Crippen LogP) is 4.70. The zero-order chi connectivity index (χ0) is 27.2. The molecule has 1 saturated heterocycles. The molecule has 1 atom stereocenters. The van der Waals surface area contributed by atoms with Crippen LogP contribution in [0, 0.1) is 12.7 Å². The fourth-order valence-corrected chi connectivity index (χ4v) is 5.63. The quantitative estimate of drug-likeness (QED) is 0.326. The van der Waals surface area contributed by atoms with Crippen molar-refractivity contribution in [3.05, 3.63) is 93.9 Å². The van der Waals surface area contributed by atoms with Crippen molar-refractivity contribution in [2.24, 2.45) is 0 Å². The van der Waals surface area contributed by atoms with Gasteiger partial charge in [-0.2, -0.15) is 5.10 Å². The molecule has 2 aromatic carbocycles. The van der Waals surface area contributed by atoms with Crippen LogP contribution >= 0.6 is 11.3 Å². The minimum Gasteiger partial charge on any atom is -0.354 e. The van der Waals surface area contributed by atoms with E-state index >= 15 is 0 Å². The third kappa shape index (κ3) is 7.08. The molecule has 10 heteroatoms. The Kier molecular flexibility index (Phi) is 8.31. The first-order valence-electron chi connectivity index (χ1n) is 12.9. The number of ketones is 1. The van der Waals surface area contributed by atoms with Gasteiger partial charge in [-0.3, -0.25) is 9.59 Å². The molecule has 5 rings (SSSR count). The summed E-state index contributed by atoms with van der Waals surface area (Å²) >= 11 is 1.34. The van der Waals surface area contributed by atoms with Gasteiger partial charge in [-0.15, -0.1) is 15.3 Å². The molecule has 1 N–H and O–H groups in total. The summed E-state index contributed by atoms with van der Waals surface area (Å²) in [6.45, 7) is 3.57. The van der Waals surface area contributed by atoms with E-state index < -0.39 is 5.82 Å². The van der Waals surface area contributed by atoms with Crippen LogP contribution in [0.15, 0.2) is 60.7 Å². The number of amides is 1. The Balaban J connectivity index is 1.15. The van der Waals surface area contributed by atoms with Gasteiger partial charge in [0.2, 0.25) is 11.0 Å². The highest BCUT2D eigenvalue weighted by atomic mass is 32.1. The van der Waals surface area contributed by atoms with Crippen LogP contribution in [-0.4, -0.2) is 45.2 Å². The zero-order valence-corrected chi connectivity index (χ0v) is 22.5. The van der Waals surface area contributed by atoms with Crippen molar-refractivity contribution in [2.75, 3.05) is 23.3 Å². The second-order valence-corrected chi connectivity index (χ2v) is 10.8. The van der Waals surface area contributed by atoms with Gasteiger partial charge >= 0.3 is 0 Å². The van der Waals surface area contributed by atoms with E-state index in [2.05, 4.69) is 30.6 Å². The van der Waals surface area contributed by atoms with E-state index in [0.717, 1.165) is 41.3 Å². The lowest BCUT2D eigenvalue weighted by Crippen LogP contribution is -2.35. The smallest absolute Gasteiger partial charge is 0.230 e. The summed E-state index contributed by atoms with van der Waals surface area (Å²) in [4.78, 5) is 27.1. The summed E-state index contributed by atoms with van der Waals surface area (Å²) in [5, 5.41) is 21.1. The third-order valence-corrected chi connectivity index (χ3v) is 7.66. The third-order valence-electron chi connectivity index (χ3n) is 6.66. The van der Waals surface area contributed by atoms with E-state index in [4.69, 9.17) is 0 Å². The number of carbonyl (C=O) groups is 2. The maximum absolute atomic E-state index is 13.8. The summed E-state index contributed by atoms with van der Waals surface area (Å²) < 4.78 is 13.8. The van der Waals surface area contributed by atoms with E-state index in [0.29, 0.717) is 29.4 Å². The number of hydrogen-bond donors (Lipinski definition) is 1. The Morgan fingerprint density at radius 1 is 1.00 bits per heavy atom. The molecule has 1 amide bonds. The molecule has 1 fully saturated rings. The van der Waals surface area contributed by atoms with Crippen LogP contribution in [-0.2, 0) is 28.9 Å². The average molecular weight is 545 g/mol. The van der Waals surface area contributed by atoms with Crippen LogP contribution in [0.3, 0.4) is 0 Å². The molecule has 4 aromatic rings. The van der Waals surface area contributed by atoms with Crippen LogP contribution < -0.4 is 10.2 Å². The second-order valence-electron chi connectivity index (χ2n) is 9.81. The summed E-state index contributed by atoms with van der Waals surface area (Å²) in [6, 6.07) is 18.0. The van der Waals surface area contributed by atoms with Gasteiger partial charge in [0.1, 0.15) is 16.6 Å². The molecule has 0 radical (unpaired) electrons. The lowest BCUT2D eigenvalue weighted by atomic mass is 9.99. The number of piperidine rings is 1. The van der Waals surface area contributed by atoms with Gasteiger partial charge < -0.3 is 10.2 Å². The largest absolute Gasteiger partial charge is 0.354 e. The van der Waals surface area contributed by atoms with Crippen molar-refractivity contribution in [3.63, 3.8) is 0 Å². The highest BCUT2D eigenvalue weighted by Crippen LogP contribution is 2.32. The van der Waals surface area contributed by atoms with Crippen LogP contribution in [0.25, 0.3) is 0 Å². The standard InChI is InChI=1S/C29H29FN6O2S/c1-19-6-4-7-20(14-19)15-24(37)17-23-11-12-26(33-32-23)36-13-5-9-22(18-36)28-34-35-29(39-28)31-27(38)16-21-8-2-3-10-25(21)30/h2-4,6-8,10-12,14,22H,5,9,13,15-18H2,1H3,(H,31,35,38). The Bertz CT molecular complexity index is 1460. The molecule has 2 aromatic heterocycles. The number of hydrogen-bond acceptors (Lipinski definition) is 8. The molecule has 0 spiro atoms. The molecule has 200 valence electrons. The highest BCUT2D eigenvalue weighted by Gasteiger charge is 2.26. The van der Waals surface area contributed by atoms with E-state index in [1.165, 1.54) is 17.4 Å². The summed E-state index contributed by atoms with van der Waals surface area (Å²) in [7, 11) is 0. The van der Waals surface area contributed by atoms with Gasteiger partial charge in [-0.25, -0.2) is 4.39 Å². The molecular formula is C29H29FN6O2S. The monoisotopic (exact) mass is 544 g/mol. The van der Waals surface area contributed by atoms with Crippen molar-refractivity contribution in [1.29, 1.82) is 0 Å². The van der Waals surface area contributed by atoms with Crippen LogP contribution in [0.4, 0.5) is 15.3 Å². The number of nitrogens with one attached hydrogen (secondary N) is 1. The maximum atomic E-state index is 13.8. The molecule has 1 aliphatic heterocycles. The predicted molar refractivity (Wildman–Crippen MR) is 148 cm³/mol. The minimum absolute atomic E-state index is 0.0645. The summed E-state index contributed by atoms with van der Waals surface area (Å²) in [6.07, 6.45) is 2.47. The Morgan fingerprint density at radius 2 is 1.87 bits per heavy atom. The number of nitrogens with zero attached hydrogens (tertiary/aromatic N) is 5. The molecule has 8 nitrogen and oxygen atoms in total. The number of carbonyl (C=O) groups excluding carboxylic acids is 2. The van der Waals surface area contributed by atoms with Gasteiger partial charge in [-0.05, 0) is 49.1 Å². The summed E-state index contributed by atoms with van der Waals surface area (Å²) in [5.41, 5.74) is 3.14. The van der Waals surface area contributed by atoms with Crippen molar-refractivity contribution in [1.82, 2.24) is 20.4 Å². The SMILES string of the molecule is Cc1cccc(CC(=O)Cc2ccc(N3CCCC(c4nnc(NC(=O)Cc5ccccc5F)s4)C3)nn2)c1. The number of benzene rings is 2. The molecule has 1 unspecified atom stereocenters. The molecule has 0 bridgehead atoms. The van der Waals surface area contributed by atoms with Crippen molar-refractivity contribution >= 4 is 34.0 Å². The molecule has 1 aliphatic rings. The summed E-state index contributed by atoms with van der Waals surface area (Å²) in [5.74, 6) is 0.274. The molecular weight excluding hydrogens is 515 g/mol. The van der Waals surface area contributed by atoms with E-state index in [1.807, 2.05) is 43.3 Å².